The minimum Gasteiger partial charge on any atom is -0.325 e. The van der Waals surface area contributed by atoms with E-state index in [1.165, 1.54) is 154 Å². The molecule has 38 heavy (non-hydrogen) atoms. The summed E-state index contributed by atoms with van der Waals surface area (Å²) in [5.74, 6) is 0. The summed E-state index contributed by atoms with van der Waals surface area (Å²) >= 11 is -0.526. The second-order valence-corrected chi connectivity index (χ2v) is 19.1. The fourth-order valence-electron chi connectivity index (χ4n) is 5.10. The van der Waals surface area contributed by atoms with Gasteiger partial charge in [0.25, 0.3) is 0 Å². The molecule has 0 saturated heterocycles. The quantitative estimate of drug-likeness (QED) is 0.0382. The molecule has 0 unspecified atom stereocenters. The van der Waals surface area contributed by atoms with Gasteiger partial charge in [-0.05, 0) is 0 Å². The Kier molecular flexibility index (Phi) is 40.0. The molecule has 3 nitrogen and oxygen atoms in total. The van der Waals surface area contributed by atoms with Crippen molar-refractivity contribution >= 4 is 46.2 Å². The molecule has 0 aliphatic rings. The smallest absolute Gasteiger partial charge is 0.322 e. The average molecular weight is 737 g/mol. The molecule has 0 aromatic carbocycles. The summed E-state index contributed by atoms with van der Waals surface area (Å²) in [6, 6.07) is 0. The molecule has 0 aliphatic carbocycles. The van der Waals surface area contributed by atoms with Gasteiger partial charge in [-0.1, -0.05) is 39.5 Å². The number of halogens is 1. The first-order valence-corrected chi connectivity index (χ1v) is 23.3. The van der Waals surface area contributed by atoms with Crippen LogP contribution < -0.4 is 0 Å². The normalized spacial score (nSPS) is 11.5. The number of hydrogen-bond acceptors (Lipinski definition) is 1. The van der Waals surface area contributed by atoms with Crippen LogP contribution in [0.15, 0.2) is 0 Å². The minimum atomic E-state index is -3.64. The first kappa shape index (κ1) is 43.9. The van der Waals surface area contributed by atoms with Gasteiger partial charge in [0.2, 0.25) is 0 Å². The van der Waals surface area contributed by atoms with E-state index in [0.29, 0.717) is 0 Å². The van der Waals surface area contributed by atoms with Crippen LogP contribution in [0, 0.1) is 0 Å². The van der Waals surface area contributed by atoms with E-state index in [0.717, 1.165) is 11.4 Å². The Morgan fingerprint density at radius 1 is 0.500 bits per heavy atom. The zero-order valence-corrected chi connectivity index (χ0v) is 31.7. The van der Waals surface area contributed by atoms with Gasteiger partial charge >= 0.3 is 180 Å². The third kappa shape index (κ3) is 44.5. The van der Waals surface area contributed by atoms with Crippen LogP contribution in [-0.2, 0) is 4.57 Å². The van der Waals surface area contributed by atoms with Gasteiger partial charge in [0, 0.05) is 6.66 Å². The minimum absolute atomic E-state index is 0. The van der Waals surface area contributed by atoms with E-state index in [2.05, 4.69) is 25.3 Å². The van der Waals surface area contributed by atoms with Crippen molar-refractivity contribution in [3.8, 4) is 0 Å². The van der Waals surface area contributed by atoms with Crippen molar-refractivity contribution in [1.82, 2.24) is 0 Å². The summed E-state index contributed by atoms with van der Waals surface area (Å²) in [6.07, 6.45) is 38.6. The van der Waals surface area contributed by atoms with E-state index in [9.17, 15) is 4.57 Å². The van der Waals surface area contributed by atoms with Gasteiger partial charge in [-0.2, -0.15) is 0 Å². The molecular formula is C32H71AsIO3P. The van der Waals surface area contributed by atoms with E-state index in [1.807, 2.05) is 0 Å². The topological polar surface area (TPSA) is 57.5 Å². The maximum absolute atomic E-state index is 9.33. The van der Waals surface area contributed by atoms with Crippen LogP contribution in [0.3, 0.4) is 0 Å². The molecule has 0 aromatic rings. The second-order valence-electron chi connectivity index (χ2n) is 11.8. The van der Waals surface area contributed by atoms with Gasteiger partial charge in [0.05, 0.1) is 0 Å². The van der Waals surface area contributed by atoms with Gasteiger partial charge in [-0.3, -0.25) is 4.57 Å². The molecular weight excluding hydrogens is 665 g/mol. The van der Waals surface area contributed by atoms with Crippen molar-refractivity contribution in [3.63, 3.8) is 0 Å². The Bertz CT molecular complexity index is 437. The molecule has 0 heterocycles. The molecule has 0 atom stereocenters. The van der Waals surface area contributed by atoms with Gasteiger partial charge in [0.1, 0.15) is 0 Å². The van der Waals surface area contributed by atoms with Crippen molar-refractivity contribution in [2.45, 2.75) is 197 Å². The standard InChI is InChI=1S/C31H65As.CH5O3P.HI/c1-5-7-9-11-13-15-17-19-21-23-25-27-29-31(32(3)4)30-28-26-24-22-20-18-16-14-12-10-8-6-2;1-5(2,3)4;/h31H,5-30H2,1-4H3;1H3,(H2,2,3,4);1H. The predicted molar refractivity (Wildman–Crippen MR) is 186 cm³/mol. The number of unbranched alkanes of at least 4 members (excludes halogenated alkanes) is 22. The van der Waals surface area contributed by atoms with Gasteiger partial charge in [-0.15, -0.1) is 24.0 Å². The van der Waals surface area contributed by atoms with Crippen LogP contribution in [-0.4, -0.2) is 31.1 Å². The molecule has 0 radical (unpaired) electrons. The van der Waals surface area contributed by atoms with E-state index in [4.69, 9.17) is 9.79 Å². The molecule has 0 rings (SSSR count). The molecule has 0 saturated carbocycles. The fourth-order valence-corrected chi connectivity index (χ4v) is 8.04. The Morgan fingerprint density at radius 2 is 0.684 bits per heavy atom. The molecule has 6 heteroatoms. The first-order valence-electron chi connectivity index (χ1n) is 16.4. The second kappa shape index (κ2) is 34.6. The largest absolute Gasteiger partial charge is 0.325 e. The van der Waals surface area contributed by atoms with Crippen molar-refractivity contribution in [1.29, 1.82) is 0 Å². The van der Waals surface area contributed by atoms with Crippen molar-refractivity contribution in [2.24, 2.45) is 0 Å². The van der Waals surface area contributed by atoms with Crippen LogP contribution in [0.5, 0.6) is 0 Å². The fraction of sp³-hybridized carbons (Fsp3) is 1.00. The first-order chi connectivity index (χ1) is 17.7. The molecule has 234 valence electrons. The third-order valence-electron chi connectivity index (χ3n) is 7.51. The van der Waals surface area contributed by atoms with Crippen LogP contribution in [0.1, 0.15) is 181 Å². The Labute approximate surface area is 262 Å². The molecule has 0 bridgehead atoms. The molecule has 0 amide bonds. The van der Waals surface area contributed by atoms with Gasteiger partial charge in [0.15, 0.2) is 0 Å². The van der Waals surface area contributed by atoms with E-state index in [-0.39, 0.29) is 24.0 Å². The molecule has 2 N–H and O–H groups in total. The predicted octanol–water partition coefficient (Wildman–Crippen LogP) is 12.7. The summed E-state index contributed by atoms with van der Waals surface area (Å²) in [5, 5.41) is 0. The van der Waals surface area contributed by atoms with Crippen LogP contribution in [0.4, 0.5) is 0 Å². The zero-order chi connectivity index (χ0) is 28.0. The zero-order valence-electron chi connectivity index (χ0n) is 26.6. The van der Waals surface area contributed by atoms with Crippen LogP contribution in [0.25, 0.3) is 0 Å². The summed E-state index contributed by atoms with van der Waals surface area (Å²) < 4.78 is 10.5. The number of rotatable bonds is 27. The maximum atomic E-state index is 9.33. The van der Waals surface area contributed by atoms with Crippen molar-refractivity contribution < 1.29 is 14.4 Å². The summed E-state index contributed by atoms with van der Waals surface area (Å²) in [7, 11) is -3.64. The van der Waals surface area contributed by atoms with E-state index in [1.54, 1.807) is 12.8 Å². The Balaban J connectivity index is -0.00000185. The molecule has 0 aliphatic heterocycles. The van der Waals surface area contributed by atoms with Gasteiger partial charge < -0.3 is 9.79 Å². The SMILES string of the molecule is CCCCCCCCCCCCCCC(CCCCCCCCCCCCCC)[As](C)C.CP(=O)(O)O.I. The van der Waals surface area contributed by atoms with E-state index < -0.39 is 22.2 Å². The Morgan fingerprint density at radius 3 is 0.868 bits per heavy atom. The summed E-state index contributed by atoms with van der Waals surface area (Å²) in [5.41, 5.74) is 5.22. The summed E-state index contributed by atoms with van der Waals surface area (Å²) in [6.45, 7) is 5.48. The molecule has 0 aromatic heterocycles. The number of hydrogen-bond donors (Lipinski definition) is 2. The third-order valence-corrected chi connectivity index (χ3v) is 11.7. The van der Waals surface area contributed by atoms with Crippen LogP contribution >= 0.6 is 31.6 Å². The average Bonchev–Trinajstić information content (AvgIpc) is 2.82. The van der Waals surface area contributed by atoms with E-state index >= 15 is 0 Å². The van der Waals surface area contributed by atoms with Crippen LogP contribution in [0.2, 0.25) is 16.1 Å². The van der Waals surface area contributed by atoms with Gasteiger partial charge in [-0.25, -0.2) is 0 Å². The molecule has 0 spiro atoms. The Hall–Kier alpha value is 1.44. The van der Waals surface area contributed by atoms with Crippen molar-refractivity contribution in [2.75, 3.05) is 6.66 Å². The van der Waals surface area contributed by atoms with Crippen molar-refractivity contribution in [3.05, 3.63) is 0 Å². The monoisotopic (exact) mass is 736 g/mol. The summed E-state index contributed by atoms with van der Waals surface area (Å²) in [4.78, 5) is 15.3. The maximum Gasteiger partial charge on any atom is 0.322 e. The molecule has 0 fully saturated rings.